The highest BCUT2D eigenvalue weighted by Crippen LogP contribution is 2.25. The number of aromatic nitrogens is 1. The van der Waals surface area contributed by atoms with Crippen LogP contribution < -0.4 is 16.4 Å². The molecule has 0 saturated carbocycles. The number of amidine groups is 1. The Labute approximate surface area is 148 Å². The summed E-state index contributed by atoms with van der Waals surface area (Å²) >= 11 is 11.6. The van der Waals surface area contributed by atoms with Gasteiger partial charge >= 0.3 is 6.03 Å². The number of nitrogens with one attached hydrogen (secondary N) is 2. The van der Waals surface area contributed by atoms with Crippen LogP contribution in [0, 0.1) is 0 Å². The molecule has 4 N–H and O–H groups in total. The monoisotopic (exact) mass is 361 g/mol. The van der Waals surface area contributed by atoms with Gasteiger partial charge in [-0.3, -0.25) is 0 Å². The van der Waals surface area contributed by atoms with Crippen molar-refractivity contribution in [1.82, 2.24) is 4.98 Å². The Morgan fingerprint density at radius 2 is 1.79 bits per heavy atom. The van der Waals surface area contributed by atoms with Crippen LogP contribution in [0.5, 0.6) is 0 Å². The van der Waals surface area contributed by atoms with Gasteiger partial charge in [-0.05, 0) is 35.4 Å². The Kier molecular flexibility index (Phi) is 4.69. The molecular weight excluding hydrogens is 349 g/mol. The second-order valence-corrected chi connectivity index (χ2v) is 5.89. The maximum atomic E-state index is 12.1. The number of aliphatic imine (C=N–C) groups is 1. The smallest absolute Gasteiger partial charge is 0.323 e. The van der Waals surface area contributed by atoms with E-state index < -0.39 is 6.03 Å². The van der Waals surface area contributed by atoms with E-state index in [0.29, 0.717) is 23.6 Å². The van der Waals surface area contributed by atoms with Crippen LogP contribution in [0.1, 0.15) is 12.0 Å². The maximum absolute atomic E-state index is 12.1. The van der Waals surface area contributed by atoms with E-state index in [9.17, 15) is 4.79 Å². The molecule has 1 aliphatic rings. The normalized spacial score (nSPS) is 13.2. The topological polar surface area (TPSA) is 92.4 Å². The fourth-order valence-corrected chi connectivity index (χ4v) is 2.71. The molecule has 0 fully saturated rings. The number of carbonyl (C=O) groups is 1. The van der Waals surface area contributed by atoms with E-state index >= 15 is 0 Å². The fourth-order valence-electron chi connectivity index (χ4n) is 2.25. The average Bonchev–Trinajstić information content (AvgIpc) is 2.93. The second-order valence-electron chi connectivity index (χ2n) is 5.11. The van der Waals surface area contributed by atoms with E-state index in [-0.39, 0.29) is 10.3 Å². The molecule has 3 rings (SSSR count). The number of amides is 2. The largest absolute Gasteiger partial charge is 0.387 e. The third kappa shape index (κ3) is 4.04. The molecule has 0 bridgehead atoms. The van der Waals surface area contributed by atoms with Crippen LogP contribution in [-0.4, -0.2) is 16.9 Å². The summed E-state index contributed by atoms with van der Waals surface area (Å²) in [5.74, 6) is 0.576. The quantitative estimate of drug-likeness (QED) is 0.717. The van der Waals surface area contributed by atoms with E-state index in [1.54, 1.807) is 12.3 Å². The minimum atomic E-state index is -0.415. The van der Waals surface area contributed by atoms with Gasteiger partial charge in [-0.25, -0.2) is 14.8 Å². The SMILES string of the molecule is NC1=NC=C(c2cccc(NC(=O)Nc3cc(Cl)nc(Cl)c3)c2)C1. The van der Waals surface area contributed by atoms with E-state index in [0.717, 1.165) is 11.1 Å². The number of urea groups is 1. The molecule has 2 aromatic rings. The predicted octanol–water partition coefficient (Wildman–Crippen LogP) is 4.13. The van der Waals surface area contributed by atoms with Crippen molar-refractivity contribution in [2.24, 2.45) is 10.7 Å². The van der Waals surface area contributed by atoms with Gasteiger partial charge in [-0.15, -0.1) is 0 Å². The number of hydrogen-bond acceptors (Lipinski definition) is 4. The van der Waals surface area contributed by atoms with Crippen LogP contribution in [-0.2, 0) is 0 Å². The lowest BCUT2D eigenvalue weighted by molar-refractivity contribution is 0.262. The Morgan fingerprint density at radius 1 is 1.08 bits per heavy atom. The molecule has 0 aliphatic carbocycles. The lowest BCUT2D eigenvalue weighted by Crippen LogP contribution is -2.19. The fraction of sp³-hybridized carbons (Fsp3) is 0.0625. The third-order valence-corrected chi connectivity index (χ3v) is 3.66. The van der Waals surface area contributed by atoms with Crippen molar-refractivity contribution < 1.29 is 4.79 Å². The highest BCUT2D eigenvalue weighted by molar-refractivity contribution is 6.33. The number of carbonyl (C=O) groups excluding carboxylic acids is 1. The molecule has 122 valence electrons. The number of benzene rings is 1. The van der Waals surface area contributed by atoms with Crippen molar-refractivity contribution >= 4 is 52.0 Å². The van der Waals surface area contributed by atoms with Gasteiger partial charge in [0, 0.05) is 24.0 Å². The molecule has 24 heavy (non-hydrogen) atoms. The molecule has 1 aromatic carbocycles. The van der Waals surface area contributed by atoms with Gasteiger partial charge in [-0.1, -0.05) is 35.3 Å². The summed E-state index contributed by atoms with van der Waals surface area (Å²) in [7, 11) is 0. The molecule has 8 heteroatoms. The molecule has 0 spiro atoms. The molecule has 1 aromatic heterocycles. The maximum Gasteiger partial charge on any atom is 0.323 e. The zero-order chi connectivity index (χ0) is 17.1. The molecule has 0 saturated heterocycles. The summed E-state index contributed by atoms with van der Waals surface area (Å²) in [6.45, 7) is 0. The Hall–Kier alpha value is -2.57. The van der Waals surface area contributed by atoms with Crippen molar-refractivity contribution in [3.05, 3.63) is 58.5 Å². The van der Waals surface area contributed by atoms with Gasteiger partial charge in [-0.2, -0.15) is 0 Å². The first-order valence-corrected chi connectivity index (χ1v) is 7.78. The zero-order valence-electron chi connectivity index (χ0n) is 12.4. The minimum Gasteiger partial charge on any atom is -0.387 e. The van der Waals surface area contributed by atoms with E-state index in [2.05, 4.69) is 20.6 Å². The van der Waals surface area contributed by atoms with Gasteiger partial charge in [0.15, 0.2) is 0 Å². The molecule has 0 atom stereocenters. The summed E-state index contributed by atoms with van der Waals surface area (Å²) in [5.41, 5.74) is 8.73. The van der Waals surface area contributed by atoms with Crippen LogP contribution >= 0.6 is 23.2 Å². The van der Waals surface area contributed by atoms with E-state index in [1.807, 2.05) is 18.2 Å². The van der Waals surface area contributed by atoms with Crippen molar-refractivity contribution in [2.75, 3.05) is 10.6 Å². The van der Waals surface area contributed by atoms with Gasteiger partial charge in [0.25, 0.3) is 0 Å². The highest BCUT2D eigenvalue weighted by atomic mass is 35.5. The lowest BCUT2D eigenvalue weighted by atomic mass is 10.0. The lowest BCUT2D eigenvalue weighted by Gasteiger charge is -2.10. The number of pyridine rings is 1. The molecule has 6 nitrogen and oxygen atoms in total. The third-order valence-electron chi connectivity index (χ3n) is 3.27. The van der Waals surface area contributed by atoms with Crippen LogP contribution in [0.2, 0.25) is 10.3 Å². The molecule has 1 aliphatic heterocycles. The summed E-state index contributed by atoms with van der Waals surface area (Å²) in [4.78, 5) is 20.0. The predicted molar refractivity (Wildman–Crippen MR) is 97.6 cm³/mol. The number of anilines is 2. The van der Waals surface area contributed by atoms with Crippen LogP contribution in [0.25, 0.3) is 5.57 Å². The first kappa shape index (κ1) is 16.3. The number of nitrogens with zero attached hydrogens (tertiary/aromatic N) is 2. The van der Waals surface area contributed by atoms with Crippen LogP contribution in [0.4, 0.5) is 16.2 Å². The van der Waals surface area contributed by atoms with Crippen molar-refractivity contribution in [1.29, 1.82) is 0 Å². The van der Waals surface area contributed by atoms with E-state index in [1.165, 1.54) is 12.1 Å². The molecule has 0 unspecified atom stereocenters. The highest BCUT2D eigenvalue weighted by Gasteiger charge is 2.11. The van der Waals surface area contributed by atoms with Gasteiger partial charge in [0.05, 0.1) is 0 Å². The summed E-state index contributed by atoms with van der Waals surface area (Å²) < 4.78 is 0. The standard InChI is InChI=1S/C16H13Cl2N5O/c17-13-6-12(7-14(18)23-13)22-16(24)21-11-3-1-2-9(4-11)10-5-15(19)20-8-10/h1-4,6-8H,5H2,(H2,19,20)(H2,21,22,23,24). The Morgan fingerprint density at radius 3 is 2.46 bits per heavy atom. The van der Waals surface area contributed by atoms with Gasteiger partial charge in [0.1, 0.15) is 16.1 Å². The molecule has 0 radical (unpaired) electrons. The number of rotatable bonds is 3. The van der Waals surface area contributed by atoms with E-state index in [4.69, 9.17) is 28.9 Å². The number of nitrogens with two attached hydrogens (primary N) is 1. The first-order valence-electron chi connectivity index (χ1n) is 7.02. The number of hydrogen-bond donors (Lipinski definition) is 3. The van der Waals surface area contributed by atoms with Crippen molar-refractivity contribution in [2.45, 2.75) is 6.42 Å². The number of halogens is 2. The zero-order valence-corrected chi connectivity index (χ0v) is 13.9. The second kappa shape index (κ2) is 6.90. The van der Waals surface area contributed by atoms with Gasteiger partial charge < -0.3 is 16.4 Å². The summed E-state index contributed by atoms with van der Waals surface area (Å²) in [5, 5.41) is 5.80. The first-order chi connectivity index (χ1) is 11.5. The van der Waals surface area contributed by atoms with Crippen molar-refractivity contribution in [3.63, 3.8) is 0 Å². The molecule has 2 amide bonds. The average molecular weight is 362 g/mol. The summed E-state index contributed by atoms with van der Waals surface area (Å²) in [6.07, 6.45) is 2.33. The summed E-state index contributed by atoms with van der Waals surface area (Å²) in [6, 6.07) is 10.0. The van der Waals surface area contributed by atoms with Gasteiger partial charge in [0.2, 0.25) is 0 Å². The van der Waals surface area contributed by atoms with Crippen LogP contribution in [0.3, 0.4) is 0 Å². The molecule has 2 heterocycles. The Balaban J connectivity index is 1.68. The minimum absolute atomic E-state index is 0.200. The Bertz CT molecular complexity index is 843. The molecular formula is C16H13Cl2N5O. The van der Waals surface area contributed by atoms with Crippen molar-refractivity contribution in [3.8, 4) is 0 Å². The van der Waals surface area contributed by atoms with Crippen LogP contribution in [0.15, 0.2) is 47.6 Å².